The van der Waals surface area contributed by atoms with Crippen molar-refractivity contribution in [2.45, 2.75) is 27.7 Å². The zero-order valence-corrected chi connectivity index (χ0v) is 37.9. The molecule has 0 nitrogen and oxygen atoms in total. The first-order valence-electron chi connectivity index (χ1n) is 23.1. The number of hydrogen-bond acceptors (Lipinski definition) is 0. The van der Waals surface area contributed by atoms with Gasteiger partial charge in [0.2, 0.25) is 0 Å². The first-order valence-corrected chi connectivity index (χ1v) is 23.1. The van der Waals surface area contributed by atoms with Crippen molar-refractivity contribution in [1.29, 1.82) is 0 Å². The molecular formula is C66H50. The molecule has 0 saturated carbocycles. The quantitative estimate of drug-likeness (QED) is 0.134. The SMILES string of the molecule is Cc1cc(-c2c3ccccc3c(-c3cc(C)c(-c4cc(-c5ccccc5)cc(-c5ccccc5)c4)cc3C)c3ccccc23)c(C)cc1-c1cc(-c2ccccc2)cc(-c2ccccc2)c1. The number of benzene rings is 11. The summed E-state index contributed by atoms with van der Waals surface area (Å²) in [5, 5.41) is 5.07. The molecule has 11 aromatic carbocycles. The first kappa shape index (κ1) is 40.7. The molecule has 0 aliphatic rings. The summed E-state index contributed by atoms with van der Waals surface area (Å²) < 4.78 is 0. The molecule has 0 radical (unpaired) electrons. The Morgan fingerprint density at radius 2 is 0.394 bits per heavy atom. The minimum absolute atomic E-state index is 1.22. The zero-order valence-electron chi connectivity index (χ0n) is 37.9. The Kier molecular flexibility index (Phi) is 10.6. The fourth-order valence-electron chi connectivity index (χ4n) is 10.3. The first-order chi connectivity index (χ1) is 32.4. The maximum absolute atomic E-state index is 2.44. The van der Waals surface area contributed by atoms with Crippen molar-refractivity contribution in [3.63, 3.8) is 0 Å². The third kappa shape index (κ3) is 7.51. The highest BCUT2D eigenvalue weighted by Crippen LogP contribution is 2.47. The molecule has 11 aromatic rings. The summed E-state index contributed by atoms with van der Waals surface area (Å²) in [6, 6.07) is 84.9. The van der Waals surface area contributed by atoms with Crippen LogP contribution in [0, 0.1) is 27.7 Å². The Morgan fingerprint density at radius 1 is 0.182 bits per heavy atom. The number of hydrogen-bond donors (Lipinski definition) is 0. The highest BCUT2D eigenvalue weighted by Gasteiger charge is 2.21. The second-order valence-corrected chi connectivity index (χ2v) is 17.9. The smallest absolute Gasteiger partial charge is 0.00236 e. The van der Waals surface area contributed by atoms with Gasteiger partial charge in [-0.25, -0.2) is 0 Å². The van der Waals surface area contributed by atoms with E-state index in [-0.39, 0.29) is 0 Å². The van der Waals surface area contributed by atoms with Crippen molar-refractivity contribution in [3.05, 3.63) is 253 Å². The van der Waals surface area contributed by atoms with E-state index in [4.69, 9.17) is 0 Å². The van der Waals surface area contributed by atoms with Crippen molar-refractivity contribution in [1.82, 2.24) is 0 Å². The van der Waals surface area contributed by atoms with Crippen LogP contribution in [0.3, 0.4) is 0 Å². The summed E-state index contributed by atoms with van der Waals surface area (Å²) in [6.07, 6.45) is 0. The van der Waals surface area contributed by atoms with Crippen LogP contribution in [0.4, 0.5) is 0 Å². The molecular weight excluding hydrogens is 793 g/mol. The molecule has 314 valence electrons. The maximum Gasteiger partial charge on any atom is -0.00236 e. The lowest BCUT2D eigenvalue weighted by molar-refractivity contribution is 1.39. The summed E-state index contributed by atoms with van der Waals surface area (Å²) in [4.78, 5) is 0. The Labute approximate surface area is 389 Å². The summed E-state index contributed by atoms with van der Waals surface area (Å²) in [6.45, 7) is 9.13. The van der Waals surface area contributed by atoms with Gasteiger partial charge in [-0.15, -0.1) is 0 Å². The van der Waals surface area contributed by atoms with E-state index in [1.165, 1.54) is 133 Å². The second-order valence-electron chi connectivity index (χ2n) is 17.9. The van der Waals surface area contributed by atoms with E-state index >= 15 is 0 Å². The van der Waals surface area contributed by atoms with Gasteiger partial charge in [-0.2, -0.15) is 0 Å². The minimum atomic E-state index is 1.22. The molecule has 0 N–H and O–H groups in total. The van der Waals surface area contributed by atoms with Gasteiger partial charge < -0.3 is 0 Å². The second kappa shape index (κ2) is 17.1. The van der Waals surface area contributed by atoms with E-state index < -0.39 is 0 Å². The van der Waals surface area contributed by atoms with Crippen LogP contribution in [-0.4, -0.2) is 0 Å². The molecule has 0 aromatic heterocycles. The third-order valence-electron chi connectivity index (χ3n) is 13.5. The van der Waals surface area contributed by atoms with Crippen LogP contribution in [0.15, 0.2) is 231 Å². The van der Waals surface area contributed by atoms with E-state index in [0.717, 1.165) is 0 Å². The summed E-state index contributed by atoms with van der Waals surface area (Å²) in [5.74, 6) is 0. The Bertz CT molecular complexity index is 3170. The van der Waals surface area contributed by atoms with Gasteiger partial charge in [0.25, 0.3) is 0 Å². The van der Waals surface area contributed by atoms with E-state index in [1.54, 1.807) is 0 Å². The minimum Gasteiger partial charge on any atom is -0.0622 e. The molecule has 0 heteroatoms. The van der Waals surface area contributed by atoms with Gasteiger partial charge in [0.15, 0.2) is 0 Å². The fraction of sp³-hybridized carbons (Fsp3) is 0.0606. The monoisotopic (exact) mass is 842 g/mol. The summed E-state index contributed by atoms with van der Waals surface area (Å²) in [7, 11) is 0. The van der Waals surface area contributed by atoms with Crippen LogP contribution in [0.5, 0.6) is 0 Å². The van der Waals surface area contributed by atoms with Gasteiger partial charge in [-0.05, 0) is 197 Å². The van der Waals surface area contributed by atoms with Crippen molar-refractivity contribution >= 4 is 21.5 Å². The molecule has 66 heavy (non-hydrogen) atoms. The number of fused-ring (bicyclic) bond motifs is 2. The zero-order chi connectivity index (χ0) is 44.7. The van der Waals surface area contributed by atoms with Crippen molar-refractivity contribution in [2.24, 2.45) is 0 Å². The third-order valence-corrected chi connectivity index (χ3v) is 13.5. The van der Waals surface area contributed by atoms with E-state index in [0.29, 0.717) is 0 Å². The molecule has 0 atom stereocenters. The Hall–Kier alpha value is -8.06. The average Bonchev–Trinajstić information content (AvgIpc) is 3.37. The molecule has 0 saturated heterocycles. The van der Waals surface area contributed by atoms with Crippen LogP contribution < -0.4 is 0 Å². The molecule has 0 amide bonds. The van der Waals surface area contributed by atoms with Gasteiger partial charge in [-0.1, -0.05) is 194 Å². The van der Waals surface area contributed by atoms with Crippen LogP contribution in [0.25, 0.3) is 111 Å². The molecule has 0 aliphatic heterocycles. The molecule has 11 rings (SSSR count). The average molecular weight is 843 g/mol. The topological polar surface area (TPSA) is 0 Å². The van der Waals surface area contributed by atoms with Crippen molar-refractivity contribution in [3.8, 4) is 89.0 Å². The van der Waals surface area contributed by atoms with E-state index in [1.807, 2.05) is 0 Å². The van der Waals surface area contributed by atoms with Crippen molar-refractivity contribution < 1.29 is 0 Å². The van der Waals surface area contributed by atoms with Gasteiger partial charge in [0.1, 0.15) is 0 Å². The van der Waals surface area contributed by atoms with Gasteiger partial charge in [0, 0.05) is 0 Å². The lowest BCUT2D eigenvalue weighted by Crippen LogP contribution is -1.96. The number of rotatable bonds is 8. The molecule has 0 heterocycles. The van der Waals surface area contributed by atoms with Gasteiger partial charge >= 0.3 is 0 Å². The Balaban J connectivity index is 1.06. The maximum atomic E-state index is 2.44. The lowest BCUT2D eigenvalue weighted by atomic mass is 9.81. The summed E-state index contributed by atoms with van der Waals surface area (Å²) in [5.41, 5.74) is 24.9. The normalized spacial score (nSPS) is 11.3. The predicted octanol–water partition coefficient (Wildman–Crippen LogP) is 18.6. The fourth-order valence-corrected chi connectivity index (χ4v) is 10.3. The predicted molar refractivity (Wildman–Crippen MR) is 284 cm³/mol. The molecule has 0 unspecified atom stereocenters. The van der Waals surface area contributed by atoms with Gasteiger partial charge in [-0.3, -0.25) is 0 Å². The molecule has 0 fully saturated rings. The Morgan fingerprint density at radius 3 is 0.667 bits per heavy atom. The number of aryl methyl sites for hydroxylation is 4. The van der Waals surface area contributed by atoms with Crippen molar-refractivity contribution in [2.75, 3.05) is 0 Å². The molecule has 0 bridgehead atoms. The summed E-state index contributed by atoms with van der Waals surface area (Å²) >= 11 is 0. The molecule has 0 spiro atoms. The molecule has 0 aliphatic carbocycles. The van der Waals surface area contributed by atoms with Crippen LogP contribution >= 0.6 is 0 Å². The van der Waals surface area contributed by atoms with Crippen LogP contribution in [0.1, 0.15) is 22.3 Å². The van der Waals surface area contributed by atoms with Crippen LogP contribution in [-0.2, 0) is 0 Å². The standard InChI is InChI=1S/C66H50/c1-43-35-63(45(3)33-61(43)55-39-51(47-21-9-5-10-22-47)37-52(40-55)48-23-11-6-12-24-48)65-57-29-17-19-31-59(57)66(60-32-20-18-30-58(60)65)64-36-44(2)62(34-46(64)4)56-41-53(49-25-13-7-14-26-49)38-54(42-56)50-27-15-8-16-28-50/h5-42H,1-4H3. The highest BCUT2D eigenvalue weighted by atomic mass is 14.2. The van der Waals surface area contributed by atoms with E-state index in [9.17, 15) is 0 Å². The highest BCUT2D eigenvalue weighted by molar-refractivity contribution is 6.22. The largest absolute Gasteiger partial charge is 0.0622 e. The van der Waals surface area contributed by atoms with E-state index in [2.05, 4.69) is 258 Å². The van der Waals surface area contributed by atoms with Gasteiger partial charge in [0.05, 0.1) is 0 Å². The van der Waals surface area contributed by atoms with Crippen LogP contribution in [0.2, 0.25) is 0 Å². The lowest BCUT2D eigenvalue weighted by Gasteiger charge is -2.22.